The summed E-state index contributed by atoms with van der Waals surface area (Å²) >= 11 is 1.57. The second-order valence-electron chi connectivity index (χ2n) is 4.80. The molecule has 7 heteroatoms. The molecule has 22 heavy (non-hydrogen) atoms. The fraction of sp³-hybridized carbons (Fsp3) is 0.400. The van der Waals surface area contributed by atoms with E-state index in [0.717, 1.165) is 4.90 Å². The number of thioether (sulfide) groups is 1. The lowest BCUT2D eigenvalue weighted by atomic mass is 10.2. The summed E-state index contributed by atoms with van der Waals surface area (Å²) < 4.78 is 4.89. The first kappa shape index (κ1) is 18.0. The zero-order valence-electron chi connectivity index (χ0n) is 12.8. The second-order valence-corrected chi connectivity index (χ2v) is 5.68. The van der Waals surface area contributed by atoms with Gasteiger partial charge in [-0.2, -0.15) is 0 Å². The van der Waals surface area contributed by atoms with E-state index in [1.54, 1.807) is 36.0 Å². The lowest BCUT2D eigenvalue weighted by Gasteiger charge is -2.09. The van der Waals surface area contributed by atoms with Crippen molar-refractivity contribution < 1.29 is 19.1 Å². The Morgan fingerprint density at radius 1 is 1.14 bits per heavy atom. The molecule has 0 saturated heterocycles. The number of rotatable bonds is 7. The lowest BCUT2D eigenvalue weighted by Crippen LogP contribution is -2.41. The van der Waals surface area contributed by atoms with E-state index in [-0.39, 0.29) is 18.5 Å². The van der Waals surface area contributed by atoms with Crippen LogP contribution in [0.25, 0.3) is 0 Å². The van der Waals surface area contributed by atoms with Crippen LogP contribution in [0.5, 0.6) is 0 Å². The average molecular weight is 324 g/mol. The summed E-state index contributed by atoms with van der Waals surface area (Å²) in [5, 5.41) is 5.02. The molecule has 120 valence electrons. The van der Waals surface area contributed by atoms with Gasteiger partial charge < -0.3 is 15.4 Å². The van der Waals surface area contributed by atoms with Crippen molar-refractivity contribution in [2.75, 3.05) is 19.4 Å². The van der Waals surface area contributed by atoms with Crippen LogP contribution in [0.4, 0.5) is 0 Å². The van der Waals surface area contributed by atoms with Crippen molar-refractivity contribution in [3.63, 3.8) is 0 Å². The van der Waals surface area contributed by atoms with Gasteiger partial charge in [-0.1, -0.05) is 0 Å². The molecule has 1 rings (SSSR count). The molecule has 0 spiro atoms. The average Bonchev–Trinajstić information content (AvgIpc) is 2.50. The zero-order valence-corrected chi connectivity index (χ0v) is 13.7. The Morgan fingerprint density at radius 2 is 1.77 bits per heavy atom. The van der Waals surface area contributed by atoms with Gasteiger partial charge in [-0.3, -0.25) is 9.59 Å². The minimum absolute atomic E-state index is 0.00601. The molecule has 0 bridgehead atoms. The third-order valence-electron chi connectivity index (χ3n) is 2.56. The fourth-order valence-electron chi connectivity index (χ4n) is 1.54. The fourth-order valence-corrected chi connectivity index (χ4v) is 1.95. The van der Waals surface area contributed by atoms with Crippen LogP contribution in [-0.2, 0) is 14.3 Å². The van der Waals surface area contributed by atoms with Crippen LogP contribution in [0.2, 0.25) is 0 Å². The standard InChI is InChI=1S/C15H20N2O4S/c1-10(2)17-13(18)8-16-14(19)9-21-15(20)11-4-6-12(22-3)7-5-11/h4-7,10H,8-9H2,1-3H3,(H,16,19)(H,17,18). The number of benzene rings is 1. The summed E-state index contributed by atoms with van der Waals surface area (Å²) in [6.07, 6.45) is 1.94. The molecule has 0 aliphatic heterocycles. The molecule has 6 nitrogen and oxygen atoms in total. The molecule has 0 unspecified atom stereocenters. The molecule has 1 aromatic rings. The van der Waals surface area contributed by atoms with Crippen LogP contribution >= 0.6 is 11.8 Å². The van der Waals surface area contributed by atoms with Crippen LogP contribution in [0.15, 0.2) is 29.2 Å². The number of ether oxygens (including phenoxy) is 1. The largest absolute Gasteiger partial charge is 0.452 e. The van der Waals surface area contributed by atoms with Gasteiger partial charge in [0.2, 0.25) is 5.91 Å². The Morgan fingerprint density at radius 3 is 2.32 bits per heavy atom. The van der Waals surface area contributed by atoms with E-state index in [2.05, 4.69) is 10.6 Å². The van der Waals surface area contributed by atoms with Crippen molar-refractivity contribution in [3.8, 4) is 0 Å². The molecule has 2 N–H and O–H groups in total. The number of carbonyl (C=O) groups is 3. The van der Waals surface area contributed by atoms with E-state index in [1.165, 1.54) is 0 Å². The lowest BCUT2D eigenvalue weighted by molar-refractivity contribution is -0.128. The van der Waals surface area contributed by atoms with Gasteiger partial charge in [0.1, 0.15) is 0 Å². The van der Waals surface area contributed by atoms with Crippen LogP contribution < -0.4 is 10.6 Å². The second kappa shape index (κ2) is 9.09. The Hall–Kier alpha value is -2.02. The SMILES string of the molecule is CSc1ccc(C(=O)OCC(=O)NCC(=O)NC(C)C)cc1. The first-order chi connectivity index (χ1) is 10.4. The molecule has 2 amide bonds. The third-order valence-corrected chi connectivity index (χ3v) is 3.30. The van der Waals surface area contributed by atoms with E-state index >= 15 is 0 Å². The zero-order chi connectivity index (χ0) is 16.5. The van der Waals surface area contributed by atoms with Crippen LogP contribution in [0.3, 0.4) is 0 Å². The monoisotopic (exact) mass is 324 g/mol. The van der Waals surface area contributed by atoms with E-state index in [1.807, 2.05) is 20.1 Å². The molecule has 0 aromatic heterocycles. The minimum Gasteiger partial charge on any atom is -0.452 e. The van der Waals surface area contributed by atoms with Crippen molar-refractivity contribution in [1.29, 1.82) is 0 Å². The summed E-state index contributed by atoms with van der Waals surface area (Å²) in [6, 6.07) is 6.89. The molecule has 1 aromatic carbocycles. The van der Waals surface area contributed by atoms with Crippen molar-refractivity contribution in [2.24, 2.45) is 0 Å². The van der Waals surface area contributed by atoms with E-state index in [4.69, 9.17) is 4.74 Å². The summed E-state index contributed by atoms with van der Waals surface area (Å²) in [4.78, 5) is 35.6. The van der Waals surface area contributed by atoms with Gasteiger partial charge >= 0.3 is 5.97 Å². The maximum absolute atomic E-state index is 11.7. The summed E-state index contributed by atoms with van der Waals surface area (Å²) in [6.45, 7) is 3.09. The Bertz CT molecular complexity index is 529. The molecule has 0 aliphatic carbocycles. The maximum atomic E-state index is 11.7. The number of carbonyl (C=O) groups excluding carboxylic acids is 3. The number of amides is 2. The predicted molar refractivity (Wildman–Crippen MR) is 84.8 cm³/mol. The number of hydrogen-bond acceptors (Lipinski definition) is 5. The van der Waals surface area contributed by atoms with Gasteiger partial charge in [0.05, 0.1) is 12.1 Å². The summed E-state index contributed by atoms with van der Waals surface area (Å²) in [5.74, 6) is -1.38. The first-order valence-corrected chi connectivity index (χ1v) is 8.02. The van der Waals surface area contributed by atoms with Crippen LogP contribution in [0, 0.1) is 0 Å². The summed E-state index contributed by atoms with van der Waals surface area (Å²) in [5.41, 5.74) is 0.378. The highest BCUT2D eigenvalue weighted by Crippen LogP contribution is 2.15. The molecule has 0 heterocycles. The van der Waals surface area contributed by atoms with Gasteiger partial charge in [0.15, 0.2) is 6.61 Å². The predicted octanol–water partition coefficient (Wildman–Crippen LogP) is 1.21. The number of esters is 1. The van der Waals surface area contributed by atoms with E-state index < -0.39 is 18.5 Å². The normalized spacial score (nSPS) is 10.2. The first-order valence-electron chi connectivity index (χ1n) is 6.79. The van der Waals surface area contributed by atoms with Crippen molar-refractivity contribution in [3.05, 3.63) is 29.8 Å². The highest BCUT2D eigenvalue weighted by molar-refractivity contribution is 7.98. The van der Waals surface area contributed by atoms with Crippen molar-refractivity contribution in [2.45, 2.75) is 24.8 Å². The van der Waals surface area contributed by atoms with Gasteiger partial charge in [0.25, 0.3) is 5.91 Å². The van der Waals surface area contributed by atoms with E-state index in [0.29, 0.717) is 5.56 Å². The van der Waals surface area contributed by atoms with Crippen LogP contribution in [0.1, 0.15) is 24.2 Å². The van der Waals surface area contributed by atoms with Gasteiger partial charge in [-0.15, -0.1) is 11.8 Å². The molecule has 0 radical (unpaired) electrons. The highest BCUT2D eigenvalue weighted by atomic mass is 32.2. The van der Waals surface area contributed by atoms with Gasteiger partial charge in [0, 0.05) is 10.9 Å². The third kappa shape index (κ3) is 6.62. The molecule has 0 atom stereocenters. The molecule has 0 aliphatic rings. The van der Waals surface area contributed by atoms with Gasteiger partial charge in [-0.25, -0.2) is 4.79 Å². The molecule has 0 fully saturated rings. The quantitative estimate of drug-likeness (QED) is 0.582. The maximum Gasteiger partial charge on any atom is 0.338 e. The van der Waals surface area contributed by atoms with Crippen molar-refractivity contribution in [1.82, 2.24) is 10.6 Å². The van der Waals surface area contributed by atoms with E-state index in [9.17, 15) is 14.4 Å². The number of nitrogens with one attached hydrogen (secondary N) is 2. The smallest absolute Gasteiger partial charge is 0.338 e. The molecular weight excluding hydrogens is 304 g/mol. The Balaban J connectivity index is 2.33. The molecular formula is C15H20N2O4S. The number of hydrogen-bond donors (Lipinski definition) is 2. The highest BCUT2D eigenvalue weighted by Gasteiger charge is 2.11. The Labute approximate surface area is 134 Å². The summed E-state index contributed by atoms with van der Waals surface area (Å²) in [7, 11) is 0. The van der Waals surface area contributed by atoms with Crippen LogP contribution in [-0.4, -0.2) is 43.2 Å². The minimum atomic E-state index is -0.575. The van der Waals surface area contributed by atoms with Gasteiger partial charge in [-0.05, 0) is 44.4 Å². The molecule has 0 saturated carbocycles. The topological polar surface area (TPSA) is 84.5 Å². The Kier molecular flexibility index (Phi) is 7.45. The van der Waals surface area contributed by atoms with Crippen molar-refractivity contribution >= 4 is 29.5 Å².